The number of hydrogen-bond acceptors (Lipinski definition) is 4. The first kappa shape index (κ1) is 16.8. The van der Waals surface area contributed by atoms with Gasteiger partial charge < -0.3 is 19.9 Å². The van der Waals surface area contributed by atoms with Crippen molar-refractivity contribution in [2.24, 2.45) is 0 Å². The zero-order valence-corrected chi connectivity index (χ0v) is 13.7. The van der Waals surface area contributed by atoms with E-state index in [1.807, 2.05) is 25.1 Å². The number of amides is 1. The first-order valence-electron chi connectivity index (χ1n) is 8.01. The molecule has 2 rings (SSSR count). The molecule has 0 atom stereocenters. The summed E-state index contributed by atoms with van der Waals surface area (Å²) in [5.41, 5.74) is 2.43. The molecule has 1 N–H and O–H groups in total. The van der Waals surface area contributed by atoms with Crippen LogP contribution in [0.25, 0.3) is 0 Å². The normalized spacial score (nSPS) is 14.9. The van der Waals surface area contributed by atoms with E-state index in [1.165, 1.54) is 11.3 Å². The highest BCUT2D eigenvalue weighted by Crippen LogP contribution is 2.22. The first-order valence-corrected chi connectivity index (χ1v) is 8.01. The third kappa shape index (κ3) is 4.71. The Morgan fingerprint density at radius 2 is 2.05 bits per heavy atom. The van der Waals surface area contributed by atoms with Crippen LogP contribution in [0.15, 0.2) is 24.3 Å². The Hall–Kier alpha value is -1.59. The van der Waals surface area contributed by atoms with Crippen molar-refractivity contribution in [2.75, 3.05) is 51.8 Å². The number of nitrogens with one attached hydrogen (secondary N) is 1. The fraction of sp³-hybridized carbons (Fsp3) is 0.588. The summed E-state index contributed by atoms with van der Waals surface area (Å²) >= 11 is 0. The lowest BCUT2D eigenvalue weighted by atomic mass is 10.1. The number of rotatable bonds is 7. The highest BCUT2D eigenvalue weighted by Gasteiger charge is 2.16. The van der Waals surface area contributed by atoms with Crippen molar-refractivity contribution in [2.45, 2.75) is 19.4 Å². The van der Waals surface area contributed by atoms with Crippen LogP contribution in [0.5, 0.6) is 0 Å². The van der Waals surface area contributed by atoms with Crippen LogP contribution in [-0.4, -0.2) is 57.8 Å². The van der Waals surface area contributed by atoms with Crippen LogP contribution >= 0.6 is 0 Å². The first-order chi connectivity index (χ1) is 10.7. The van der Waals surface area contributed by atoms with Gasteiger partial charge in [0, 0.05) is 38.8 Å². The molecule has 0 unspecified atom stereocenters. The van der Waals surface area contributed by atoms with Crippen LogP contribution in [0.1, 0.15) is 18.4 Å². The Balaban J connectivity index is 1.98. The van der Waals surface area contributed by atoms with Gasteiger partial charge in [-0.2, -0.15) is 0 Å². The summed E-state index contributed by atoms with van der Waals surface area (Å²) < 4.78 is 5.42. The summed E-state index contributed by atoms with van der Waals surface area (Å²) in [4.78, 5) is 16.3. The number of ether oxygens (including phenoxy) is 1. The van der Waals surface area contributed by atoms with Gasteiger partial charge in [0.05, 0.1) is 13.2 Å². The van der Waals surface area contributed by atoms with Crippen LogP contribution in [0.3, 0.4) is 0 Å². The molecule has 1 saturated heterocycles. The molecular weight excluding hydrogens is 278 g/mol. The molecule has 5 nitrogen and oxygen atoms in total. The van der Waals surface area contributed by atoms with E-state index in [0.717, 1.165) is 39.3 Å². The maximum atomic E-state index is 12.2. The minimum Gasteiger partial charge on any atom is -0.378 e. The summed E-state index contributed by atoms with van der Waals surface area (Å²) in [6.07, 6.45) is 1.47. The van der Waals surface area contributed by atoms with E-state index in [2.05, 4.69) is 28.4 Å². The molecule has 1 aromatic rings. The number of carbonyl (C=O) groups is 1. The Kier molecular flexibility index (Phi) is 6.68. The highest BCUT2D eigenvalue weighted by atomic mass is 16.5. The van der Waals surface area contributed by atoms with E-state index in [4.69, 9.17) is 4.74 Å². The molecule has 0 aromatic heterocycles. The second-order valence-corrected chi connectivity index (χ2v) is 5.69. The lowest BCUT2D eigenvalue weighted by Gasteiger charge is -2.31. The van der Waals surface area contributed by atoms with E-state index in [0.29, 0.717) is 13.0 Å². The van der Waals surface area contributed by atoms with Gasteiger partial charge in [-0.05, 0) is 31.6 Å². The quantitative estimate of drug-likeness (QED) is 0.775. The predicted molar refractivity (Wildman–Crippen MR) is 89.1 cm³/mol. The van der Waals surface area contributed by atoms with Crippen LogP contribution in [0, 0.1) is 0 Å². The van der Waals surface area contributed by atoms with Crippen molar-refractivity contribution in [3.8, 4) is 0 Å². The Morgan fingerprint density at radius 1 is 1.32 bits per heavy atom. The van der Waals surface area contributed by atoms with Crippen molar-refractivity contribution < 1.29 is 9.53 Å². The third-order valence-corrected chi connectivity index (χ3v) is 3.99. The minimum absolute atomic E-state index is 0.201. The topological polar surface area (TPSA) is 44.8 Å². The van der Waals surface area contributed by atoms with Crippen LogP contribution in [0.2, 0.25) is 0 Å². The zero-order valence-electron chi connectivity index (χ0n) is 13.7. The molecule has 0 radical (unpaired) electrons. The van der Waals surface area contributed by atoms with Gasteiger partial charge in [-0.3, -0.25) is 4.79 Å². The van der Waals surface area contributed by atoms with Gasteiger partial charge in [0.2, 0.25) is 5.91 Å². The molecular formula is C17H27N3O2. The van der Waals surface area contributed by atoms with Gasteiger partial charge in [-0.1, -0.05) is 18.2 Å². The average molecular weight is 305 g/mol. The van der Waals surface area contributed by atoms with Crippen LogP contribution in [-0.2, 0) is 16.1 Å². The number of benzene rings is 1. The van der Waals surface area contributed by atoms with Crippen LogP contribution in [0.4, 0.5) is 5.69 Å². The Morgan fingerprint density at radius 3 is 2.77 bits per heavy atom. The minimum atomic E-state index is 0.201. The molecule has 1 fully saturated rings. The smallest absolute Gasteiger partial charge is 0.222 e. The molecule has 0 bridgehead atoms. The number of nitrogens with zero attached hydrogens (tertiary/aromatic N) is 2. The van der Waals surface area contributed by atoms with E-state index >= 15 is 0 Å². The van der Waals surface area contributed by atoms with Gasteiger partial charge in [0.1, 0.15) is 0 Å². The molecule has 1 heterocycles. The van der Waals surface area contributed by atoms with Gasteiger partial charge in [-0.15, -0.1) is 0 Å². The van der Waals surface area contributed by atoms with Crippen LogP contribution < -0.4 is 10.2 Å². The van der Waals surface area contributed by atoms with E-state index < -0.39 is 0 Å². The zero-order chi connectivity index (χ0) is 15.8. The Labute approximate surface area is 133 Å². The monoisotopic (exact) mass is 305 g/mol. The highest BCUT2D eigenvalue weighted by molar-refractivity contribution is 5.76. The van der Waals surface area contributed by atoms with Gasteiger partial charge in [0.25, 0.3) is 0 Å². The second-order valence-electron chi connectivity index (χ2n) is 5.69. The number of morpholine rings is 1. The standard InChI is InChI=1S/C17H27N3O2/c1-18-9-5-8-17(21)19(2)14-15-6-3-4-7-16(15)20-10-12-22-13-11-20/h3-4,6-7,18H,5,8-14H2,1-2H3. The lowest BCUT2D eigenvalue weighted by molar-refractivity contribution is -0.130. The van der Waals surface area contributed by atoms with Gasteiger partial charge >= 0.3 is 0 Å². The summed E-state index contributed by atoms with van der Waals surface area (Å²) in [7, 11) is 3.80. The lowest BCUT2D eigenvalue weighted by Crippen LogP contribution is -2.37. The summed E-state index contributed by atoms with van der Waals surface area (Å²) in [6.45, 7) is 4.91. The number of para-hydroxylation sites is 1. The SMILES string of the molecule is CNCCCC(=O)N(C)Cc1ccccc1N1CCOCC1. The van der Waals surface area contributed by atoms with Crippen molar-refractivity contribution in [1.29, 1.82) is 0 Å². The second kappa shape index (κ2) is 8.76. The molecule has 0 spiro atoms. The summed E-state index contributed by atoms with van der Waals surface area (Å²) in [6, 6.07) is 8.35. The molecule has 22 heavy (non-hydrogen) atoms. The molecule has 122 valence electrons. The molecule has 1 aliphatic heterocycles. The van der Waals surface area contributed by atoms with E-state index in [-0.39, 0.29) is 5.91 Å². The van der Waals surface area contributed by atoms with E-state index in [9.17, 15) is 4.79 Å². The maximum absolute atomic E-state index is 12.2. The molecule has 5 heteroatoms. The molecule has 0 saturated carbocycles. The summed E-state index contributed by atoms with van der Waals surface area (Å²) in [5, 5.41) is 3.07. The fourth-order valence-electron chi connectivity index (χ4n) is 2.71. The van der Waals surface area contributed by atoms with E-state index in [1.54, 1.807) is 0 Å². The molecule has 1 aromatic carbocycles. The van der Waals surface area contributed by atoms with Gasteiger partial charge in [-0.25, -0.2) is 0 Å². The summed E-state index contributed by atoms with van der Waals surface area (Å²) in [5.74, 6) is 0.201. The van der Waals surface area contributed by atoms with Crippen molar-refractivity contribution in [1.82, 2.24) is 10.2 Å². The van der Waals surface area contributed by atoms with Crippen molar-refractivity contribution in [3.63, 3.8) is 0 Å². The molecule has 1 aliphatic rings. The van der Waals surface area contributed by atoms with Crippen molar-refractivity contribution >= 4 is 11.6 Å². The predicted octanol–water partition coefficient (Wildman–Crippen LogP) is 1.48. The number of anilines is 1. The average Bonchev–Trinajstić information content (AvgIpc) is 2.56. The Bertz CT molecular complexity index is 473. The molecule has 0 aliphatic carbocycles. The molecule has 1 amide bonds. The number of carbonyl (C=O) groups excluding carboxylic acids is 1. The number of hydrogen-bond donors (Lipinski definition) is 1. The fourth-order valence-corrected chi connectivity index (χ4v) is 2.71. The largest absolute Gasteiger partial charge is 0.378 e. The third-order valence-electron chi connectivity index (χ3n) is 3.99. The van der Waals surface area contributed by atoms with Gasteiger partial charge in [0.15, 0.2) is 0 Å². The maximum Gasteiger partial charge on any atom is 0.222 e. The van der Waals surface area contributed by atoms with Crippen molar-refractivity contribution in [3.05, 3.63) is 29.8 Å².